The summed E-state index contributed by atoms with van der Waals surface area (Å²) in [4.78, 5) is 0. The molecule has 0 radical (unpaired) electrons. The minimum absolute atomic E-state index is 0.177. The van der Waals surface area contributed by atoms with Crippen LogP contribution in [0.2, 0.25) is 0 Å². The van der Waals surface area contributed by atoms with Crippen LogP contribution in [0.15, 0.2) is 0 Å². The number of aliphatic hydroxyl groups excluding tert-OH is 1. The van der Waals surface area contributed by atoms with Crippen molar-refractivity contribution in [2.24, 2.45) is 0 Å². The summed E-state index contributed by atoms with van der Waals surface area (Å²) in [5.74, 6) is 0. The van der Waals surface area contributed by atoms with Crippen LogP contribution in [-0.4, -0.2) is 23.9 Å². The van der Waals surface area contributed by atoms with Crippen LogP contribution < -0.4 is 0 Å². The van der Waals surface area contributed by atoms with Gasteiger partial charge in [-0.25, -0.2) is 0 Å². The molecule has 0 saturated carbocycles. The van der Waals surface area contributed by atoms with Gasteiger partial charge in [-0.3, -0.25) is 0 Å². The molecule has 0 unspecified atom stereocenters. The van der Waals surface area contributed by atoms with Gasteiger partial charge in [-0.2, -0.15) is 0 Å². The van der Waals surface area contributed by atoms with Gasteiger partial charge in [0, 0.05) is 0 Å². The number of hydrogen-bond acceptors (Lipinski definition) is 2. The molecule has 2 heteroatoms. The molecular formula is C9H18O2. The Labute approximate surface area is 68.6 Å². The van der Waals surface area contributed by atoms with E-state index in [1.54, 1.807) is 0 Å². The lowest BCUT2D eigenvalue weighted by molar-refractivity contribution is 0.123. The van der Waals surface area contributed by atoms with Crippen LogP contribution in [0.1, 0.15) is 39.0 Å². The third-order valence-corrected chi connectivity index (χ3v) is 2.14. The maximum atomic E-state index is 9.36. The fourth-order valence-electron chi connectivity index (χ4n) is 1.24. The normalized spacial score (nSPS) is 25.1. The van der Waals surface area contributed by atoms with E-state index in [4.69, 9.17) is 4.74 Å². The molecule has 2 atom stereocenters. The minimum atomic E-state index is -0.188. The molecule has 11 heavy (non-hydrogen) atoms. The van der Waals surface area contributed by atoms with Crippen molar-refractivity contribution in [2.45, 2.75) is 51.2 Å². The average Bonchev–Trinajstić information content (AvgIpc) is 2.79. The lowest BCUT2D eigenvalue weighted by Crippen LogP contribution is -2.13. The molecule has 1 rings (SSSR count). The summed E-state index contributed by atoms with van der Waals surface area (Å²) in [5, 5.41) is 9.36. The van der Waals surface area contributed by atoms with Gasteiger partial charge < -0.3 is 9.84 Å². The Morgan fingerprint density at radius 2 is 2.18 bits per heavy atom. The first-order chi connectivity index (χ1) is 5.34. The summed E-state index contributed by atoms with van der Waals surface area (Å²) < 4.78 is 4.98. The average molecular weight is 158 g/mol. The van der Waals surface area contributed by atoms with E-state index in [1.807, 2.05) is 0 Å². The number of rotatable bonds is 6. The zero-order valence-electron chi connectivity index (χ0n) is 7.25. The van der Waals surface area contributed by atoms with Gasteiger partial charge in [-0.15, -0.1) is 0 Å². The highest BCUT2D eigenvalue weighted by Crippen LogP contribution is 2.18. The highest BCUT2D eigenvalue weighted by atomic mass is 16.6. The second kappa shape index (κ2) is 4.73. The van der Waals surface area contributed by atoms with Gasteiger partial charge >= 0.3 is 0 Å². The maximum Gasteiger partial charge on any atom is 0.107 e. The lowest BCUT2D eigenvalue weighted by atomic mass is 10.1. The molecule has 1 aliphatic heterocycles. The summed E-state index contributed by atoms with van der Waals surface area (Å²) in [6.07, 6.45) is 5.86. The summed E-state index contributed by atoms with van der Waals surface area (Å²) in [7, 11) is 0. The lowest BCUT2D eigenvalue weighted by Gasteiger charge is -2.05. The number of ether oxygens (including phenoxy) is 1. The molecule has 0 bridgehead atoms. The monoisotopic (exact) mass is 158 g/mol. The van der Waals surface area contributed by atoms with E-state index >= 15 is 0 Å². The van der Waals surface area contributed by atoms with Gasteiger partial charge in [0.05, 0.1) is 12.7 Å². The summed E-state index contributed by atoms with van der Waals surface area (Å²) in [5.41, 5.74) is 0. The van der Waals surface area contributed by atoms with Crippen molar-refractivity contribution in [3.05, 3.63) is 0 Å². The zero-order chi connectivity index (χ0) is 8.10. The number of unbranched alkanes of at least 4 members (excludes halogenated alkanes) is 3. The Balaban J connectivity index is 1.85. The number of hydrogen-bond donors (Lipinski definition) is 1. The van der Waals surface area contributed by atoms with Crippen LogP contribution in [0.25, 0.3) is 0 Å². The first-order valence-electron chi connectivity index (χ1n) is 4.64. The fourth-order valence-corrected chi connectivity index (χ4v) is 1.24. The van der Waals surface area contributed by atoms with Crippen molar-refractivity contribution in [3.8, 4) is 0 Å². The molecule has 1 N–H and O–H groups in total. The van der Waals surface area contributed by atoms with E-state index in [-0.39, 0.29) is 12.2 Å². The topological polar surface area (TPSA) is 32.8 Å². The van der Waals surface area contributed by atoms with Crippen LogP contribution in [0.5, 0.6) is 0 Å². The van der Waals surface area contributed by atoms with Gasteiger partial charge in [0.1, 0.15) is 6.10 Å². The molecule has 0 aliphatic carbocycles. The van der Waals surface area contributed by atoms with Crippen molar-refractivity contribution in [3.63, 3.8) is 0 Å². The van der Waals surface area contributed by atoms with Gasteiger partial charge in [0.2, 0.25) is 0 Å². The summed E-state index contributed by atoms with van der Waals surface area (Å²) in [6.45, 7) is 2.97. The van der Waals surface area contributed by atoms with Crippen molar-refractivity contribution in [1.29, 1.82) is 0 Å². The molecule has 1 aliphatic rings. The summed E-state index contributed by atoms with van der Waals surface area (Å²) in [6, 6.07) is 0. The first-order valence-corrected chi connectivity index (χ1v) is 4.64. The molecule has 0 aromatic heterocycles. The highest BCUT2D eigenvalue weighted by Gasteiger charge is 2.30. The SMILES string of the molecule is CCCCCC[C@H](O)[C@@H]1CO1. The van der Waals surface area contributed by atoms with Crippen molar-refractivity contribution in [2.75, 3.05) is 6.61 Å². The van der Waals surface area contributed by atoms with E-state index in [0.29, 0.717) is 0 Å². The second-order valence-corrected chi connectivity index (χ2v) is 3.29. The van der Waals surface area contributed by atoms with Crippen LogP contribution >= 0.6 is 0 Å². The van der Waals surface area contributed by atoms with Crippen molar-refractivity contribution < 1.29 is 9.84 Å². The molecule has 1 fully saturated rings. The number of epoxide rings is 1. The van der Waals surface area contributed by atoms with E-state index < -0.39 is 0 Å². The molecule has 0 aromatic carbocycles. The predicted molar refractivity (Wildman–Crippen MR) is 44.5 cm³/mol. The largest absolute Gasteiger partial charge is 0.390 e. The maximum absolute atomic E-state index is 9.36. The van der Waals surface area contributed by atoms with Crippen LogP contribution in [0, 0.1) is 0 Å². The second-order valence-electron chi connectivity index (χ2n) is 3.29. The Morgan fingerprint density at radius 1 is 1.45 bits per heavy atom. The fraction of sp³-hybridized carbons (Fsp3) is 1.00. The molecule has 2 nitrogen and oxygen atoms in total. The third kappa shape index (κ3) is 3.73. The highest BCUT2D eigenvalue weighted by molar-refractivity contribution is 4.77. The standard InChI is InChI=1S/C9H18O2/c1-2-3-4-5-6-8(10)9-7-11-9/h8-10H,2-7H2,1H3/t8-,9-/m0/s1. The van der Waals surface area contributed by atoms with Gasteiger partial charge in [0.15, 0.2) is 0 Å². The molecule has 0 spiro atoms. The predicted octanol–water partition coefficient (Wildman–Crippen LogP) is 1.72. The Bertz CT molecular complexity index is 99.7. The van der Waals surface area contributed by atoms with E-state index in [1.165, 1.54) is 19.3 Å². The molecule has 0 amide bonds. The minimum Gasteiger partial charge on any atom is -0.390 e. The van der Waals surface area contributed by atoms with Gasteiger partial charge in [-0.1, -0.05) is 32.6 Å². The van der Waals surface area contributed by atoms with Crippen LogP contribution in [-0.2, 0) is 4.74 Å². The van der Waals surface area contributed by atoms with Crippen LogP contribution in [0.4, 0.5) is 0 Å². The number of aliphatic hydroxyl groups is 1. The summed E-state index contributed by atoms with van der Waals surface area (Å²) >= 11 is 0. The zero-order valence-corrected chi connectivity index (χ0v) is 7.25. The third-order valence-electron chi connectivity index (χ3n) is 2.14. The smallest absolute Gasteiger partial charge is 0.107 e. The Kier molecular flexibility index (Phi) is 3.87. The van der Waals surface area contributed by atoms with Crippen molar-refractivity contribution in [1.82, 2.24) is 0 Å². The molecule has 1 saturated heterocycles. The van der Waals surface area contributed by atoms with E-state index in [0.717, 1.165) is 19.4 Å². The van der Waals surface area contributed by atoms with Gasteiger partial charge in [0.25, 0.3) is 0 Å². The Hall–Kier alpha value is -0.0800. The molecule has 66 valence electrons. The molecule has 1 heterocycles. The van der Waals surface area contributed by atoms with E-state index in [2.05, 4.69) is 6.92 Å². The first kappa shape index (κ1) is 9.01. The van der Waals surface area contributed by atoms with Crippen molar-refractivity contribution >= 4 is 0 Å². The Morgan fingerprint density at radius 3 is 2.73 bits per heavy atom. The quantitative estimate of drug-likeness (QED) is 0.471. The van der Waals surface area contributed by atoms with Crippen LogP contribution in [0.3, 0.4) is 0 Å². The molecule has 0 aromatic rings. The van der Waals surface area contributed by atoms with Gasteiger partial charge in [-0.05, 0) is 6.42 Å². The molecular weight excluding hydrogens is 140 g/mol. The van der Waals surface area contributed by atoms with E-state index in [9.17, 15) is 5.11 Å².